The second kappa shape index (κ2) is 9.18. The molecule has 0 saturated carbocycles. The number of carbonyl (C=O) groups is 3. The van der Waals surface area contributed by atoms with Gasteiger partial charge in [0.15, 0.2) is 0 Å². The Hall–Kier alpha value is -3.13. The minimum Gasteiger partial charge on any atom is -0.443 e. The molecule has 28 heavy (non-hydrogen) atoms. The molecule has 0 saturated heterocycles. The van der Waals surface area contributed by atoms with Crippen LogP contribution in [0.15, 0.2) is 30.3 Å². The van der Waals surface area contributed by atoms with E-state index in [9.17, 15) is 19.5 Å². The number of aromatic nitrogens is 1. The van der Waals surface area contributed by atoms with Gasteiger partial charge in [-0.2, -0.15) is 0 Å². The third-order valence-corrected chi connectivity index (χ3v) is 4.26. The molecule has 1 heterocycles. The Morgan fingerprint density at radius 2 is 1.82 bits per heavy atom. The molecule has 150 valence electrons. The van der Waals surface area contributed by atoms with Crippen molar-refractivity contribution in [3.05, 3.63) is 58.4 Å². The van der Waals surface area contributed by atoms with E-state index in [1.807, 2.05) is 0 Å². The first-order chi connectivity index (χ1) is 13.3. The molecular weight excluding hydrogens is 362 g/mol. The maximum atomic E-state index is 12.7. The van der Waals surface area contributed by atoms with E-state index in [4.69, 9.17) is 4.74 Å². The number of aliphatic hydroxyl groups excluding tert-OH is 1. The van der Waals surface area contributed by atoms with E-state index in [0.717, 1.165) is 0 Å². The minimum atomic E-state index is -1.31. The molecule has 0 bridgehead atoms. The van der Waals surface area contributed by atoms with E-state index in [1.165, 1.54) is 0 Å². The molecule has 2 aromatic rings. The minimum absolute atomic E-state index is 0.153. The van der Waals surface area contributed by atoms with Gasteiger partial charge in [-0.25, -0.2) is 9.59 Å². The Labute approximate surface area is 163 Å². The van der Waals surface area contributed by atoms with Crippen molar-refractivity contribution in [1.29, 1.82) is 0 Å². The van der Waals surface area contributed by atoms with Crippen LogP contribution in [0.4, 0.5) is 4.79 Å². The first-order valence-electron chi connectivity index (χ1n) is 8.98. The van der Waals surface area contributed by atoms with Gasteiger partial charge in [0.1, 0.15) is 5.69 Å². The van der Waals surface area contributed by atoms with Gasteiger partial charge in [-0.15, -0.1) is 0 Å². The number of nitrogens with one attached hydrogen (secondary N) is 3. The first-order valence-corrected chi connectivity index (χ1v) is 8.98. The molecule has 0 aliphatic rings. The van der Waals surface area contributed by atoms with E-state index >= 15 is 0 Å². The number of aryl methyl sites for hydroxylation is 1. The summed E-state index contributed by atoms with van der Waals surface area (Å²) < 4.78 is 5.45. The molecule has 8 heteroatoms. The van der Waals surface area contributed by atoms with E-state index < -0.39 is 30.1 Å². The molecule has 8 nitrogen and oxygen atoms in total. The quantitative estimate of drug-likeness (QED) is 0.567. The van der Waals surface area contributed by atoms with Crippen LogP contribution in [-0.2, 0) is 9.53 Å². The van der Waals surface area contributed by atoms with E-state index in [2.05, 4.69) is 15.6 Å². The molecule has 2 rings (SSSR count). The maximum Gasteiger partial charge on any atom is 0.356 e. The summed E-state index contributed by atoms with van der Waals surface area (Å²) >= 11 is 0. The van der Waals surface area contributed by atoms with Gasteiger partial charge >= 0.3 is 12.0 Å². The molecule has 3 amide bonds. The lowest BCUT2D eigenvalue weighted by Gasteiger charge is -2.17. The Morgan fingerprint density at radius 3 is 2.36 bits per heavy atom. The number of aromatic amines is 1. The van der Waals surface area contributed by atoms with Crippen LogP contribution in [0.5, 0.6) is 0 Å². The van der Waals surface area contributed by atoms with E-state index in [0.29, 0.717) is 28.9 Å². The highest BCUT2D eigenvalue weighted by atomic mass is 16.5. The first kappa shape index (κ1) is 21.2. The number of urea groups is 1. The summed E-state index contributed by atoms with van der Waals surface area (Å²) in [5, 5.41) is 14.5. The zero-order valence-corrected chi connectivity index (χ0v) is 16.3. The SMILES string of the molecule is CCNC(=O)NC(=O)[C@H](OC(=O)c1[nH]c(C)c([C@@H](C)O)c1C)c1ccccc1. The fraction of sp³-hybridized carbons (Fsp3) is 0.350. The molecule has 0 spiro atoms. The van der Waals surface area contributed by atoms with Crippen molar-refractivity contribution < 1.29 is 24.2 Å². The molecule has 0 fully saturated rings. The number of hydrogen-bond donors (Lipinski definition) is 4. The summed E-state index contributed by atoms with van der Waals surface area (Å²) in [5.41, 5.74) is 2.38. The lowest BCUT2D eigenvalue weighted by atomic mass is 10.1. The van der Waals surface area contributed by atoms with Gasteiger partial charge < -0.3 is 20.1 Å². The topological polar surface area (TPSA) is 121 Å². The average molecular weight is 387 g/mol. The second-order valence-corrected chi connectivity index (χ2v) is 6.38. The van der Waals surface area contributed by atoms with Crippen LogP contribution in [0.1, 0.15) is 58.9 Å². The van der Waals surface area contributed by atoms with Crippen LogP contribution in [-0.4, -0.2) is 34.5 Å². The molecule has 2 atom stereocenters. The fourth-order valence-corrected chi connectivity index (χ4v) is 3.04. The normalized spacial score (nSPS) is 12.8. The van der Waals surface area contributed by atoms with E-state index in [-0.39, 0.29) is 5.69 Å². The highest BCUT2D eigenvalue weighted by molar-refractivity contribution is 5.99. The van der Waals surface area contributed by atoms with Crippen molar-refractivity contribution in [2.24, 2.45) is 0 Å². The van der Waals surface area contributed by atoms with Crippen molar-refractivity contribution in [3.63, 3.8) is 0 Å². The summed E-state index contributed by atoms with van der Waals surface area (Å²) in [6, 6.07) is 7.74. The summed E-state index contributed by atoms with van der Waals surface area (Å²) in [6.45, 7) is 7.09. The predicted molar refractivity (Wildman–Crippen MR) is 103 cm³/mol. The van der Waals surface area contributed by atoms with Crippen molar-refractivity contribution in [2.45, 2.75) is 39.9 Å². The number of hydrogen-bond acceptors (Lipinski definition) is 5. The van der Waals surface area contributed by atoms with Gasteiger partial charge in [0.25, 0.3) is 5.91 Å². The monoisotopic (exact) mass is 387 g/mol. The average Bonchev–Trinajstić information content (AvgIpc) is 2.94. The number of imide groups is 1. The van der Waals surface area contributed by atoms with Crippen molar-refractivity contribution in [1.82, 2.24) is 15.6 Å². The van der Waals surface area contributed by atoms with Crippen LogP contribution in [0.2, 0.25) is 0 Å². The van der Waals surface area contributed by atoms with Crippen LogP contribution in [0.25, 0.3) is 0 Å². The number of esters is 1. The van der Waals surface area contributed by atoms with Gasteiger partial charge in [0.2, 0.25) is 6.10 Å². The Kier molecular flexibility index (Phi) is 6.94. The van der Waals surface area contributed by atoms with Crippen LogP contribution in [0, 0.1) is 13.8 Å². The van der Waals surface area contributed by atoms with Crippen LogP contribution in [0.3, 0.4) is 0 Å². The Balaban J connectivity index is 2.30. The number of benzene rings is 1. The van der Waals surface area contributed by atoms with Crippen LogP contribution >= 0.6 is 0 Å². The number of ether oxygens (including phenoxy) is 1. The van der Waals surface area contributed by atoms with Crippen molar-refractivity contribution in [2.75, 3.05) is 6.54 Å². The number of amides is 3. The van der Waals surface area contributed by atoms with Crippen molar-refractivity contribution >= 4 is 17.9 Å². The van der Waals surface area contributed by atoms with Gasteiger partial charge in [-0.1, -0.05) is 30.3 Å². The standard InChI is InChI=1S/C20H25N3O5/c1-5-21-20(27)23-18(25)17(14-9-7-6-8-10-14)28-19(26)16-11(2)15(13(4)24)12(3)22-16/h6-10,13,17,22,24H,5H2,1-4H3,(H2,21,23,25,27)/t13-,17-/m1/s1. The zero-order valence-electron chi connectivity index (χ0n) is 16.3. The predicted octanol–water partition coefficient (Wildman–Crippen LogP) is 2.43. The molecule has 1 aromatic heterocycles. The summed E-state index contributed by atoms with van der Waals surface area (Å²) in [6.07, 6.45) is -2.07. The summed E-state index contributed by atoms with van der Waals surface area (Å²) in [5.74, 6) is -1.52. The van der Waals surface area contributed by atoms with Crippen LogP contribution < -0.4 is 10.6 Å². The summed E-state index contributed by atoms with van der Waals surface area (Å²) in [7, 11) is 0. The molecule has 4 N–H and O–H groups in total. The Bertz CT molecular complexity index is 858. The number of aliphatic hydroxyl groups is 1. The zero-order chi connectivity index (χ0) is 20.8. The molecule has 0 unspecified atom stereocenters. The number of carbonyl (C=O) groups excluding carboxylic acids is 3. The molecule has 0 aliphatic heterocycles. The Morgan fingerprint density at radius 1 is 1.18 bits per heavy atom. The highest BCUT2D eigenvalue weighted by Gasteiger charge is 2.29. The summed E-state index contributed by atoms with van der Waals surface area (Å²) in [4.78, 5) is 39.9. The largest absolute Gasteiger partial charge is 0.443 e. The van der Waals surface area contributed by atoms with Gasteiger partial charge in [-0.3, -0.25) is 10.1 Å². The molecule has 0 radical (unpaired) electrons. The molecular formula is C20H25N3O5. The smallest absolute Gasteiger partial charge is 0.356 e. The van der Waals surface area contributed by atoms with Gasteiger partial charge in [0.05, 0.1) is 6.10 Å². The third-order valence-electron chi connectivity index (χ3n) is 4.26. The number of H-pyrrole nitrogens is 1. The highest BCUT2D eigenvalue weighted by Crippen LogP contribution is 2.27. The van der Waals surface area contributed by atoms with Gasteiger partial charge in [0, 0.05) is 23.4 Å². The lowest BCUT2D eigenvalue weighted by molar-refractivity contribution is -0.129. The van der Waals surface area contributed by atoms with E-state index in [1.54, 1.807) is 58.0 Å². The second-order valence-electron chi connectivity index (χ2n) is 6.38. The molecule has 0 aliphatic carbocycles. The lowest BCUT2D eigenvalue weighted by Crippen LogP contribution is -2.42. The van der Waals surface area contributed by atoms with Gasteiger partial charge in [-0.05, 0) is 33.3 Å². The van der Waals surface area contributed by atoms with Crippen molar-refractivity contribution in [3.8, 4) is 0 Å². The maximum absolute atomic E-state index is 12.7. The third kappa shape index (κ3) is 4.77. The fourth-order valence-electron chi connectivity index (χ4n) is 3.04. The molecule has 1 aromatic carbocycles. The number of rotatable bonds is 6.